The monoisotopic (exact) mass is 269 g/mol. The van der Waals surface area contributed by atoms with E-state index in [1.807, 2.05) is 20.8 Å². The Morgan fingerprint density at radius 3 is 2.63 bits per heavy atom. The summed E-state index contributed by atoms with van der Waals surface area (Å²) in [6, 6.07) is 4.82. The summed E-state index contributed by atoms with van der Waals surface area (Å²) >= 11 is 0. The van der Waals surface area contributed by atoms with E-state index in [9.17, 15) is 4.39 Å². The van der Waals surface area contributed by atoms with E-state index in [-0.39, 0.29) is 17.5 Å². The number of rotatable bonds is 7. The second-order valence-corrected chi connectivity index (χ2v) is 5.22. The van der Waals surface area contributed by atoms with Gasteiger partial charge < -0.3 is 14.8 Å². The molecule has 0 fully saturated rings. The summed E-state index contributed by atoms with van der Waals surface area (Å²) in [4.78, 5) is 0. The first-order valence-corrected chi connectivity index (χ1v) is 6.55. The molecule has 0 spiro atoms. The molecule has 0 radical (unpaired) electrons. The fourth-order valence-electron chi connectivity index (χ4n) is 1.72. The quantitative estimate of drug-likeness (QED) is 0.824. The Morgan fingerprint density at radius 1 is 1.37 bits per heavy atom. The molecule has 0 saturated heterocycles. The first kappa shape index (κ1) is 15.9. The summed E-state index contributed by atoms with van der Waals surface area (Å²) in [5.41, 5.74) is 0.336. The normalized spacial score (nSPS) is 13.4. The number of hydrogen-bond acceptors (Lipinski definition) is 3. The van der Waals surface area contributed by atoms with Crippen LogP contribution in [-0.4, -0.2) is 26.4 Å². The van der Waals surface area contributed by atoms with Gasteiger partial charge in [0.25, 0.3) is 0 Å². The van der Waals surface area contributed by atoms with Gasteiger partial charge in [0.05, 0.1) is 12.2 Å². The third-order valence-electron chi connectivity index (χ3n) is 3.39. The molecule has 0 saturated carbocycles. The average molecular weight is 269 g/mol. The van der Waals surface area contributed by atoms with Crippen LogP contribution in [0.3, 0.4) is 0 Å². The van der Waals surface area contributed by atoms with E-state index < -0.39 is 0 Å². The van der Waals surface area contributed by atoms with E-state index in [4.69, 9.17) is 9.47 Å². The lowest BCUT2D eigenvalue weighted by Crippen LogP contribution is -2.25. The number of ether oxygens (including phenoxy) is 2. The highest BCUT2D eigenvalue weighted by atomic mass is 19.1. The number of nitrogens with one attached hydrogen (secondary N) is 1. The Kier molecular flexibility index (Phi) is 5.76. The van der Waals surface area contributed by atoms with Gasteiger partial charge in [0.15, 0.2) is 0 Å². The molecule has 0 aliphatic carbocycles. The lowest BCUT2D eigenvalue weighted by atomic mass is 10.1. The van der Waals surface area contributed by atoms with Crippen LogP contribution < -0.4 is 10.1 Å². The molecule has 1 N–H and O–H groups in total. The topological polar surface area (TPSA) is 30.5 Å². The van der Waals surface area contributed by atoms with Crippen molar-refractivity contribution in [3.63, 3.8) is 0 Å². The Bertz CT molecular complexity index is 407. The summed E-state index contributed by atoms with van der Waals surface area (Å²) in [5.74, 6) is 0.346. The van der Waals surface area contributed by atoms with Gasteiger partial charge in [-0.3, -0.25) is 0 Å². The molecular weight excluding hydrogens is 245 g/mol. The van der Waals surface area contributed by atoms with E-state index in [1.54, 1.807) is 26.3 Å². The van der Waals surface area contributed by atoms with Crippen molar-refractivity contribution in [1.82, 2.24) is 5.32 Å². The standard InChI is InChI=1S/C15H24FNO2/c1-11(17-4)14-12(16)7-6-8-13(14)19-10-9-15(2,3)18-5/h6-8,11,17H,9-10H2,1-5H3. The van der Waals surface area contributed by atoms with Crippen molar-refractivity contribution in [2.45, 2.75) is 38.8 Å². The zero-order valence-corrected chi connectivity index (χ0v) is 12.4. The van der Waals surface area contributed by atoms with E-state index in [0.717, 1.165) is 6.42 Å². The van der Waals surface area contributed by atoms with Crippen molar-refractivity contribution in [2.75, 3.05) is 20.8 Å². The predicted molar refractivity (Wildman–Crippen MR) is 75.1 cm³/mol. The maximum atomic E-state index is 13.9. The van der Waals surface area contributed by atoms with Crippen LogP contribution in [0, 0.1) is 5.82 Å². The minimum Gasteiger partial charge on any atom is -0.493 e. The minimum atomic E-state index is -0.245. The molecular formula is C15H24FNO2. The van der Waals surface area contributed by atoms with E-state index >= 15 is 0 Å². The number of benzene rings is 1. The van der Waals surface area contributed by atoms with Crippen molar-refractivity contribution in [2.24, 2.45) is 0 Å². The average Bonchev–Trinajstić information content (AvgIpc) is 2.38. The molecule has 0 aliphatic rings. The first-order valence-electron chi connectivity index (χ1n) is 6.55. The fourth-order valence-corrected chi connectivity index (χ4v) is 1.72. The molecule has 0 aliphatic heterocycles. The van der Waals surface area contributed by atoms with Crippen LogP contribution in [-0.2, 0) is 4.74 Å². The SMILES string of the molecule is CNC(C)c1c(F)cccc1OCCC(C)(C)OC. The Morgan fingerprint density at radius 2 is 2.05 bits per heavy atom. The molecule has 4 heteroatoms. The molecule has 1 rings (SSSR count). The Balaban J connectivity index is 2.76. The predicted octanol–water partition coefficient (Wildman–Crippen LogP) is 3.30. The van der Waals surface area contributed by atoms with Crippen LogP contribution in [0.15, 0.2) is 18.2 Å². The molecule has 1 aromatic carbocycles. The minimum absolute atomic E-state index is 0.0911. The van der Waals surface area contributed by atoms with Crippen molar-refractivity contribution < 1.29 is 13.9 Å². The molecule has 0 aromatic heterocycles. The molecule has 0 amide bonds. The van der Waals surface area contributed by atoms with Crippen LogP contribution in [0.4, 0.5) is 4.39 Å². The summed E-state index contributed by atoms with van der Waals surface area (Å²) < 4.78 is 24.9. The maximum absolute atomic E-state index is 13.9. The summed E-state index contributed by atoms with van der Waals surface area (Å²) in [5, 5.41) is 3.04. The van der Waals surface area contributed by atoms with Gasteiger partial charge in [0.2, 0.25) is 0 Å². The van der Waals surface area contributed by atoms with Crippen LogP contribution in [0.25, 0.3) is 0 Å². The third-order valence-corrected chi connectivity index (χ3v) is 3.39. The largest absolute Gasteiger partial charge is 0.493 e. The summed E-state index contributed by atoms with van der Waals surface area (Å²) in [6.45, 7) is 6.40. The lowest BCUT2D eigenvalue weighted by Gasteiger charge is -2.23. The number of methoxy groups -OCH3 is 1. The van der Waals surface area contributed by atoms with Gasteiger partial charge in [-0.15, -0.1) is 0 Å². The molecule has 1 aromatic rings. The number of hydrogen-bond donors (Lipinski definition) is 1. The molecule has 0 bridgehead atoms. The van der Waals surface area contributed by atoms with E-state index in [2.05, 4.69) is 5.32 Å². The molecule has 3 nitrogen and oxygen atoms in total. The van der Waals surface area contributed by atoms with Crippen LogP contribution >= 0.6 is 0 Å². The molecule has 19 heavy (non-hydrogen) atoms. The van der Waals surface area contributed by atoms with Gasteiger partial charge in [-0.05, 0) is 40.0 Å². The van der Waals surface area contributed by atoms with Gasteiger partial charge in [-0.2, -0.15) is 0 Å². The van der Waals surface area contributed by atoms with Gasteiger partial charge in [-0.25, -0.2) is 4.39 Å². The van der Waals surface area contributed by atoms with Gasteiger partial charge in [0, 0.05) is 25.1 Å². The fraction of sp³-hybridized carbons (Fsp3) is 0.600. The lowest BCUT2D eigenvalue weighted by molar-refractivity contribution is 0.00532. The maximum Gasteiger partial charge on any atom is 0.131 e. The summed E-state index contributed by atoms with van der Waals surface area (Å²) in [6.07, 6.45) is 0.743. The van der Waals surface area contributed by atoms with Gasteiger partial charge >= 0.3 is 0 Å². The third kappa shape index (κ3) is 4.48. The number of halogens is 1. The van der Waals surface area contributed by atoms with Crippen molar-refractivity contribution >= 4 is 0 Å². The van der Waals surface area contributed by atoms with Crippen molar-refractivity contribution in [1.29, 1.82) is 0 Å². The van der Waals surface area contributed by atoms with Crippen LogP contribution in [0.5, 0.6) is 5.75 Å². The van der Waals surface area contributed by atoms with Crippen LogP contribution in [0.1, 0.15) is 38.8 Å². The zero-order valence-electron chi connectivity index (χ0n) is 12.4. The smallest absolute Gasteiger partial charge is 0.131 e. The molecule has 0 heterocycles. The highest BCUT2D eigenvalue weighted by Gasteiger charge is 2.18. The van der Waals surface area contributed by atoms with Gasteiger partial charge in [-0.1, -0.05) is 6.07 Å². The molecule has 1 unspecified atom stereocenters. The van der Waals surface area contributed by atoms with Gasteiger partial charge in [0.1, 0.15) is 11.6 Å². The zero-order chi connectivity index (χ0) is 14.5. The second-order valence-electron chi connectivity index (χ2n) is 5.22. The van der Waals surface area contributed by atoms with E-state index in [0.29, 0.717) is 17.9 Å². The first-order chi connectivity index (χ1) is 8.91. The highest BCUT2D eigenvalue weighted by molar-refractivity contribution is 5.36. The molecule has 108 valence electrons. The van der Waals surface area contributed by atoms with E-state index in [1.165, 1.54) is 6.07 Å². The summed E-state index contributed by atoms with van der Waals surface area (Å²) in [7, 11) is 3.48. The highest BCUT2D eigenvalue weighted by Crippen LogP contribution is 2.28. The Labute approximate surface area is 115 Å². The molecule has 1 atom stereocenters. The van der Waals surface area contributed by atoms with Crippen molar-refractivity contribution in [3.05, 3.63) is 29.6 Å². The van der Waals surface area contributed by atoms with Crippen LogP contribution in [0.2, 0.25) is 0 Å². The van der Waals surface area contributed by atoms with Crippen molar-refractivity contribution in [3.8, 4) is 5.75 Å². The Hall–Kier alpha value is -1.13. The second kappa shape index (κ2) is 6.87.